The van der Waals surface area contributed by atoms with E-state index in [9.17, 15) is 24.0 Å². The molecular weight excluding hydrogens is 490 g/mol. The van der Waals surface area contributed by atoms with Gasteiger partial charge in [0.05, 0.1) is 12.5 Å². The largest absolute Gasteiger partial charge is 0.481 e. The third kappa shape index (κ3) is 13.1. The van der Waals surface area contributed by atoms with Gasteiger partial charge in [0.2, 0.25) is 17.7 Å². The van der Waals surface area contributed by atoms with Crippen molar-refractivity contribution < 1.29 is 34.2 Å². The van der Waals surface area contributed by atoms with Crippen molar-refractivity contribution in [1.29, 1.82) is 0 Å². The first-order valence-corrected chi connectivity index (χ1v) is 12.2. The van der Waals surface area contributed by atoms with Gasteiger partial charge >= 0.3 is 11.9 Å². The van der Waals surface area contributed by atoms with Crippen molar-refractivity contribution in [1.82, 2.24) is 16.0 Å². The number of nitrogens with two attached hydrogens (primary N) is 3. The Labute approximate surface area is 206 Å². The van der Waals surface area contributed by atoms with Gasteiger partial charge in [0.25, 0.3) is 0 Å². The smallest absolute Gasteiger partial charge is 0.327 e. The predicted molar refractivity (Wildman–Crippen MR) is 130 cm³/mol. The Hall–Kier alpha value is -2.72. The lowest BCUT2D eigenvalue weighted by Gasteiger charge is -2.24. The monoisotopic (exact) mass is 523 g/mol. The fourth-order valence-corrected chi connectivity index (χ4v) is 3.27. The minimum Gasteiger partial charge on any atom is -0.481 e. The van der Waals surface area contributed by atoms with Gasteiger partial charge in [0, 0.05) is 12.3 Å². The number of carbonyl (C=O) groups is 5. The lowest BCUT2D eigenvalue weighted by atomic mass is 10.1. The molecule has 11 N–H and O–H groups in total. The molecule has 0 aliphatic rings. The summed E-state index contributed by atoms with van der Waals surface area (Å²) in [4.78, 5) is 63.8. The molecule has 0 aromatic rings. The normalized spacial score (nSPS) is 14.1. The molecule has 16 heteroatoms. The highest BCUT2D eigenvalue weighted by molar-refractivity contribution is 7.98. The second-order valence-corrected chi connectivity index (χ2v) is 8.49. The lowest BCUT2D eigenvalue weighted by molar-refractivity contribution is -0.143. The number of aliphatic carboxylic acids is 2. The van der Waals surface area contributed by atoms with E-state index in [4.69, 9.17) is 27.4 Å². The molecule has 0 aromatic heterocycles. The van der Waals surface area contributed by atoms with Crippen LogP contribution in [0.5, 0.6) is 0 Å². The summed E-state index contributed by atoms with van der Waals surface area (Å²) in [5, 5.41) is 25.1. The van der Waals surface area contributed by atoms with E-state index in [1.165, 1.54) is 11.8 Å². The molecule has 0 aromatic carbocycles. The third-order valence-corrected chi connectivity index (χ3v) is 5.37. The minimum absolute atomic E-state index is 0.0872. The quantitative estimate of drug-likeness (QED) is 0.0403. The molecule has 0 bridgehead atoms. The molecule has 0 spiro atoms. The van der Waals surface area contributed by atoms with Crippen LogP contribution < -0.4 is 33.2 Å². The minimum atomic E-state index is -1.58. The number of nitrogens with one attached hydrogen (secondary N) is 3. The molecule has 34 heavy (non-hydrogen) atoms. The van der Waals surface area contributed by atoms with Crippen LogP contribution in [-0.4, -0.2) is 94.3 Å². The summed E-state index contributed by atoms with van der Waals surface area (Å²) in [6.07, 6.45) is 1.82. The van der Waals surface area contributed by atoms with Crippen molar-refractivity contribution in [2.45, 2.75) is 49.9 Å². The number of nitrogens with zero attached hydrogens (tertiary/aromatic N) is 1. The highest BCUT2D eigenvalue weighted by atomic mass is 32.2. The van der Waals surface area contributed by atoms with Gasteiger partial charge in [-0.15, -0.1) is 0 Å². The topological polar surface area (TPSA) is 252 Å². The Morgan fingerprint density at radius 2 is 1.50 bits per heavy atom. The van der Waals surface area contributed by atoms with E-state index in [2.05, 4.69) is 33.6 Å². The van der Waals surface area contributed by atoms with E-state index in [0.29, 0.717) is 12.2 Å². The fraction of sp³-hybridized carbons (Fsp3) is 0.667. The van der Waals surface area contributed by atoms with Gasteiger partial charge in [-0.05, 0) is 31.3 Å². The number of hydrogen-bond donors (Lipinski definition) is 9. The Morgan fingerprint density at radius 3 is 2.00 bits per heavy atom. The average molecular weight is 524 g/mol. The Bertz CT molecular complexity index is 750. The van der Waals surface area contributed by atoms with Crippen LogP contribution in [0, 0.1) is 0 Å². The number of amides is 3. The molecule has 3 amide bonds. The molecule has 0 fully saturated rings. The molecular formula is C18H33N7O7S2. The first-order chi connectivity index (χ1) is 15.9. The Kier molecular flexibility index (Phi) is 15.5. The van der Waals surface area contributed by atoms with E-state index in [-0.39, 0.29) is 31.1 Å². The molecule has 4 atom stereocenters. The van der Waals surface area contributed by atoms with Crippen molar-refractivity contribution >= 4 is 60.0 Å². The van der Waals surface area contributed by atoms with E-state index in [0.717, 1.165) is 0 Å². The maximum atomic E-state index is 12.8. The zero-order valence-electron chi connectivity index (χ0n) is 18.7. The van der Waals surface area contributed by atoms with Crippen LogP contribution in [0.25, 0.3) is 0 Å². The van der Waals surface area contributed by atoms with Crippen LogP contribution in [0.4, 0.5) is 0 Å². The lowest BCUT2D eigenvalue weighted by Crippen LogP contribution is -2.57. The zero-order chi connectivity index (χ0) is 26.3. The molecule has 0 saturated carbocycles. The number of carboxylic acid groups (broad SMARTS) is 2. The molecule has 0 saturated heterocycles. The van der Waals surface area contributed by atoms with Crippen molar-refractivity contribution in [3.8, 4) is 0 Å². The highest BCUT2D eigenvalue weighted by Crippen LogP contribution is 2.05. The van der Waals surface area contributed by atoms with E-state index in [1.807, 2.05) is 0 Å². The van der Waals surface area contributed by atoms with Crippen LogP contribution in [0.2, 0.25) is 0 Å². The number of guanidine groups is 1. The van der Waals surface area contributed by atoms with E-state index < -0.39 is 60.2 Å². The highest BCUT2D eigenvalue weighted by Gasteiger charge is 2.31. The van der Waals surface area contributed by atoms with Crippen molar-refractivity contribution in [2.24, 2.45) is 22.2 Å². The van der Waals surface area contributed by atoms with Crippen LogP contribution in [0.3, 0.4) is 0 Å². The summed E-state index contributed by atoms with van der Waals surface area (Å²) < 4.78 is 0. The van der Waals surface area contributed by atoms with Crippen molar-refractivity contribution in [3.05, 3.63) is 0 Å². The molecule has 4 unspecified atom stereocenters. The van der Waals surface area contributed by atoms with Crippen molar-refractivity contribution in [2.75, 3.05) is 24.3 Å². The SMILES string of the molecule is CSCCC(NC(=O)C(N)CCCN=C(N)N)C(=O)NC(CC(=O)O)C(=O)NC(CS)C(=O)O. The zero-order valence-corrected chi connectivity index (χ0v) is 20.4. The summed E-state index contributed by atoms with van der Waals surface area (Å²) in [6.45, 7) is 0.273. The first kappa shape index (κ1) is 31.3. The Balaban J connectivity index is 5.28. The number of aliphatic imine (C=N–C) groups is 1. The second-order valence-electron chi connectivity index (χ2n) is 7.14. The number of thiol groups is 1. The summed E-state index contributed by atoms with van der Waals surface area (Å²) >= 11 is 5.23. The predicted octanol–water partition coefficient (Wildman–Crippen LogP) is -2.94. The van der Waals surface area contributed by atoms with E-state index in [1.54, 1.807) is 6.26 Å². The molecule has 0 aliphatic carbocycles. The summed E-state index contributed by atoms with van der Waals surface area (Å²) in [7, 11) is 0. The molecule has 194 valence electrons. The van der Waals surface area contributed by atoms with Gasteiger partial charge in [0.1, 0.15) is 18.1 Å². The maximum absolute atomic E-state index is 12.8. The fourth-order valence-electron chi connectivity index (χ4n) is 2.55. The third-order valence-electron chi connectivity index (χ3n) is 4.36. The summed E-state index contributed by atoms with van der Waals surface area (Å²) in [5.41, 5.74) is 16.3. The molecule has 0 heterocycles. The number of rotatable bonds is 17. The van der Waals surface area contributed by atoms with Gasteiger partial charge in [-0.3, -0.25) is 24.2 Å². The van der Waals surface area contributed by atoms with Crippen LogP contribution >= 0.6 is 24.4 Å². The number of thioether (sulfide) groups is 1. The standard InChI is InChI=1S/C18H33N7O7S2/c1-34-6-4-10(23-14(28)9(19)3-2-5-22-18(20)21)15(29)24-11(7-13(26)27)16(30)25-12(8-33)17(31)32/h9-12,33H,2-8,19H2,1H3,(H,23,28)(H,24,29)(H,25,30)(H,26,27)(H,31,32)(H4,20,21,22). The second kappa shape index (κ2) is 16.8. The molecule has 0 rings (SSSR count). The molecule has 0 radical (unpaired) electrons. The van der Waals surface area contributed by atoms with Crippen molar-refractivity contribution in [3.63, 3.8) is 0 Å². The van der Waals surface area contributed by atoms with Gasteiger partial charge in [-0.2, -0.15) is 24.4 Å². The van der Waals surface area contributed by atoms with Gasteiger partial charge in [-0.1, -0.05) is 0 Å². The Morgan fingerprint density at radius 1 is 0.941 bits per heavy atom. The number of carbonyl (C=O) groups excluding carboxylic acids is 3. The van der Waals surface area contributed by atoms with Gasteiger partial charge in [0.15, 0.2) is 5.96 Å². The van der Waals surface area contributed by atoms with Crippen LogP contribution in [0.15, 0.2) is 4.99 Å². The molecule has 0 aliphatic heterocycles. The average Bonchev–Trinajstić information content (AvgIpc) is 2.75. The molecule has 14 nitrogen and oxygen atoms in total. The van der Waals surface area contributed by atoms with Gasteiger partial charge < -0.3 is 43.4 Å². The number of hydrogen-bond acceptors (Lipinski definition) is 9. The summed E-state index contributed by atoms with van der Waals surface area (Å²) in [6, 6.07) is -5.02. The van der Waals surface area contributed by atoms with Crippen LogP contribution in [0.1, 0.15) is 25.7 Å². The van der Waals surface area contributed by atoms with Crippen LogP contribution in [-0.2, 0) is 24.0 Å². The number of carboxylic acids is 2. The maximum Gasteiger partial charge on any atom is 0.327 e. The first-order valence-electron chi connectivity index (χ1n) is 10.2. The van der Waals surface area contributed by atoms with Gasteiger partial charge in [-0.25, -0.2) is 4.79 Å². The van der Waals surface area contributed by atoms with E-state index >= 15 is 0 Å². The summed E-state index contributed by atoms with van der Waals surface area (Å²) in [5.74, 6) is -5.08.